The van der Waals surface area contributed by atoms with Crippen molar-refractivity contribution in [3.05, 3.63) is 53.9 Å². The summed E-state index contributed by atoms with van der Waals surface area (Å²) in [4.78, 5) is 2.39. The Morgan fingerprint density at radius 2 is 2.14 bits per heavy atom. The lowest BCUT2D eigenvalue weighted by molar-refractivity contribution is 0.198. The Labute approximate surface area is 131 Å². The van der Waals surface area contributed by atoms with Crippen molar-refractivity contribution in [2.45, 2.75) is 32.5 Å². The molecule has 1 fully saturated rings. The molecule has 2 heterocycles. The monoisotopic (exact) mass is 295 g/mol. The zero-order chi connectivity index (χ0) is 15.4. The lowest BCUT2D eigenvalue weighted by Gasteiger charge is -2.16. The van der Waals surface area contributed by atoms with E-state index in [2.05, 4.69) is 24.1 Å². The van der Waals surface area contributed by atoms with Gasteiger partial charge in [0.2, 0.25) is 0 Å². The number of ether oxygens (including phenoxy) is 1. The Hall–Kier alpha value is -2.25. The predicted molar refractivity (Wildman–Crippen MR) is 85.6 cm³/mol. The molecule has 2 aromatic rings. The van der Waals surface area contributed by atoms with Crippen LogP contribution in [0, 0.1) is 11.3 Å². The molecule has 0 saturated carbocycles. The molecule has 4 heteroatoms. The molecule has 0 amide bonds. The fraction of sp³-hybridized carbons (Fsp3) is 0.389. The molecular formula is C18H21N3O. The van der Waals surface area contributed by atoms with E-state index in [1.807, 2.05) is 41.0 Å². The summed E-state index contributed by atoms with van der Waals surface area (Å²) in [6.45, 7) is 5.76. The zero-order valence-electron chi connectivity index (χ0n) is 12.9. The van der Waals surface area contributed by atoms with E-state index in [0.717, 1.165) is 44.0 Å². The maximum atomic E-state index is 9.13. The molecule has 1 aromatic heterocycles. The second-order valence-electron chi connectivity index (χ2n) is 5.71. The molecule has 114 valence electrons. The van der Waals surface area contributed by atoms with Crippen molar-refractivity contribution in [2.75, 3.05) is 13.1 Å². The van der Waals surface area contributed by atoms with Crippen LogP contribution in [0.15, 0.2) is 42.6 Å². The third-order valence-electron chi connectivity index (χ3n) is 4.09. The highest BCUT2D eigenvalue weighted by Crippen LogP contribution is 2.20. The Morgan fingerprint density at radius 1 is 1.32 bits per heavy atom. The van der Waals surface area contributed by atoms with E-state index in [0.29, 0.717) is 0 Å². The van der Waals surface area contributed by atoms with Gasteiger partial charge in [0.15, 0.2) is 0 Å². The van der Waals surface area contributed by atoms with Gasteiger partial charge in [-0.05, 0) is 37.1 Å². The van der Waals surface area contributed by atoms with E-state index >= 15 is 0 Å². The molecule has 22 heavy (non-hydrogen) atoms. The van der Waals surface area contributed by atoms with Crippen molar-refractivity contribution < 1.29 is 4.74 Å². The van der Waals surface area contributed by atoms with Crippen LogP contribution in [0.1, 0.15) is 24.6 Å². The van der Waals surface area contributed by atoms with Crippen molar-refractivity contribution in [3.8, 4) is 11.8 Å². The van der Waals surface area contributed by atoms with Crippen LogP contribution in [0.3, 0.4) is 0 Å². The highest BCUT2D eigenvalue weighted by atomic mass is 16.5. The number of aryl methyl sites for hydroxylation is 1. The van der Waals surface area contributed by atoms with Crippen LogP contribution in [0.5, 0.6) is 5.75 Å². The molecule has 1 aromatic carbocycles. The molecule has 1 unspecified atom stereocenters. The molecule has 1 saturated heterocycles. The summed E-state index contributed by atoms with van der Waals surface area (Å²) in [6.07, 6.45) is 3.39. The van der Waals surface area contributed by atoms with Crippen LogP contribution >= 0.6 is 0 Å². The molecule has 1 atom stereocenters. The smallest absolute Gasteiger partial charge is 0.120 e. The van der Waals surface area contributed by atoms with Crippen LogP contribution in [0.2, 0.25) is 0 Å². The first-order chi connectivity index (χ1) is 10.8. The SMILES string of the molecule is CCn1cc(CN2CCC(Oc3ccccc3)C2)cc1C#N. The summed E-state index contributed by atoms with van der Waals surface area (Å²) >= 11 is 0. The maximum absolute atomic E-state index is 9.13. The summed E-state index contributed by atoms with van der Waals surface area (Å²) in [5, 5.41) is 9.13. The Balaban J connectivity index is 1.57. The van der Waals surface area contributed by atoms with Gasteiger partial charge >= 0.3 is 0 Å². The number of para-hydroxylation sites is 1. The first-order valence-corrected chi connectivity index (χ1v) is 7.81. The minimum absolute atomic E-state index is 0.256. The van der Waals surface area contributed by atoms with Crippen LogP contribution in [0.4, 0.5) is 0 Å². The van der Waals surface area contributed by atoms with Gasteiger partial charge < -0.3 is 9.30 Å². The van der Waals surface area contributed by atoms with E-state index in [1.54, 1.807) is 0 Å². The predicted octanol–water partition coefficient (Wildman–Crippen LogP) is 3.03. The first kappa shape index (κ1) is 14.7. The molecule has 0 aliphatic carbocycles. The van der Waals surface area contributed by atoms with Crippen LogP contribution in [-0.2, 0) is 13.1 Å². The topological polar surface area (TPSA) is 41.2 Å². The molecule has 0 spiro atoms. The third kappa shape index (κ3) is 3.32. The van der Waals surface area contributed by atoms with E-state index in [-0.39, 0.29) is 6.10 Å². The summed E-state index contributed by atoms with van der Waals surface area (Å²) in [6, 6.07) is 14.3. The third-order valence-corrected chi connectivity index (χ3v) is 4.09. The van der Waals surface area contributed by atoms with Gasteiger partial charge in [-0.3, -0.25) is 4.90 Å². The van der Waals surface area contributed by atoms with Gasteiger partial charge in [-0.1, -0.05) is 18.2 Å². The molecule has 0 N–H and O–H groups in total. The molecule has 0 bridgehead atoms. The van der Waals surface area contributed by atoms with Gasteiger partial charge in [-0.25, -0.2) is 0 Å². The lowest BCUT2D eigenvalue weighted by atomic mass is 10.3. The zero-order valence-corrected chi connectivity index (χ0v) is 12.9. The normalized spacial score (nSPS) is 18.3. The van der Waals surface area contributed by atoms with Crippen LogP contribution < -0.4 is 4.74 Å². The van der Waals surface area contributed by atoms with E-state index in [9.17, 15) is 0 Å². The minimum Gasteiger partial charge on any atom is -0.489 e. The van der Waals surface area contributed by atoms with Gasteiger partial charge in [-0.15, -0.1) is 0 Å². The van der Waals surface area contributed by atoms with Crippen LogP contribution in [0.25, 0.3) is 0 Å². The quantitative estimate of drug-likeness (QED) is 0.851. The molecule has 1 aliphatic heterocycles. The van der Waals surface area contributed by atoms with Crippen molar-refractivity contribution in [2.24, 2.45) is 0 Å². The van der Waals surface area contributed by atoms with Crippen molar-refractivity contribution in [1.82, 2.24) is 9.47 Å². The number of likely N-dealkylation sites (tertiary alicyclic amines) is 1. The Morgan fingerprint density at radius 3 is 2.82 bits per heavy atom. The number of rotatable bonds is 5. The number of hydrogen-bond donors (Lipinski definition) is 0. The van der Waals surface area contributed by atoms with Gasteiger partial charge in [-0.2, -0.15) is 5.26 Å². The summed E-state index contributed by atoms with van der Waals surface area (Å²) in [5.41, 5.74) is 1.95. The number of benzene rings is 1. The Bertz CT molecular complexity index is 657. The molecule has 1 aliphatic rings. The molecule has 0 radical (unpaired) electrons. The maximum Gasteiger partial charge on any atom is 0.120 e. The molecule has 3 rings (SSSR count). The number of nitrogens with zero attached hydrogens (tertiary/aromatic N) is 3. The van der Waals surface area contributed by atoms with E-state index < -0.39 is 0 Å². The lowest BCUT2D eigenvalue weighted by Crippen LogP contribution is -2.24. The van der Waals surface area contributed by atoms with Crippen molar-refractivity contribution >= 4 is 0 Å². The number of aromatic nitrogens is 1. The first-order valence-electron chi connectivity index (χ1n) is 7.81. The largest absolute Gasteiger partial charge is 0.489 e. The highest BCUT2D eigenvalue weighted by molar-refractivity contribution is 5.28. The average Bonchev–Trinajstić information content (AvgIpc) is 3.15. The molecular weight excluding hydrogens is 274 g/mol. The summed E-state index contributed by atoms with van der Waals surface area (Å²) in [7, 11) is 0. The van der Waals surface area contributed by atoms with Gasteiger partial charge in [0.05, 0.1) is 0 Å². The minimum atomic E-state index is 0.256. The standard InChI is InChI=1S/C18H21N3O/c1-2-21-13-15(10-16(21)11-19)12-20-9-8-18(14-20)22-17-6-4-3-5-7-17/h3-7,10,13,18H,2,8-9,12,14H2,1H3. The second-order valence-corrected chi connectivity index (χ2v) is 5.71. The van der Waals surface area contributed by atoms with Gasteiger partial charge in [0, 0.05) is 32.4 Å². The highest BCUT2D eigenvalue weighted by Gasteiger charge is 2.24. The fourth-order valence-corrected chi connectivity index (χ4v) is 3.00. The van der Waals surface area contributed by atoms with Crippen LogP contribution in [-0.4, -0.2) is 28.7 Å². The van der Waals surface area contributed by atoms with Gasteiger partial charge in [0.1, 0.15) is 23.6 Å². The number of hydrogen-bond acceptors (Lipinski definition) is 3. The summed E-state index contributed by atoms with van der Waals surface area (Å²) in [5.74, 6) is 0.943. The van der Waals surface area contributed by atoms with Crippen molar-refractivity contribution in [3.63, 3.8) is 0 Å². The van der Waals surface area contributed by atoms with E-state index in [4.69, 9.17) is 10.00 Å². The average molecular weight is 295 g/mol. The summed E-state index contributed by atoms with van der Waals surface area (Å²) < 4.78 is 8.02. The Kier molecular flexibility index (Phi) is 4.45. The van der Waals surface area contributed by atoms with Crippen molar-refractivity contribution in [1.29, 1.82) is 5.26 Å². The van der Waals surface area contributed by atoms with E-state index in [1.165, 1.54) is 5.56 Å². The van der Waals surface area contributed by atoms with Gasteiger partial charge in [0.25, 0.3) is 0 Å². The second kappa shape index (κ2) is 6.67. The molecule has 4 nitrogen and oxygen atoms in total. The number of nitriles is 1. The fourth-order valence-electron chi connectivity index (χ4n) is 3.00.